The number of unbranched alkanes of at least 4 members (excludes halogenated alkanes) is 6. The van der Waals surface area contributed by atoms with Crippen LogP contribution >= 0.6 is 0 Å². The molecule has 0 aromatic rings. The maximum atomic E-state index is 5.63. The van der Waals surface area contributed by atoms with Gasteiger partial charge >= 0.3 is 140 Å². The van der Waals surface area contributed by atoms with Gasteiger partial charge in [-0.05, 0) is 0 Å². The molecule has 21 heavy (non-hydrogen) atoms. The first-order valence-electron chi connectivity index (χ1n) is 8.91. The molecule has 3 heteroatoms. The van der Waals surface area contributed by atoms with Gasteiger partial charge in [0.15, 0.2) is 0 Å². The first-order valence-corrected chi connectivity index (χ1v) is 11.3. The van der Waals surface area contributed by atoms with Crippen LogP contribution in [-0.2, 0) is 9.47 Å². The summed E-state index contributed by atoms with van der Waals surface area (Å²) in [7, 11) is 3.75. The van der Waals surface area contributed by atoms with Gasteiger partial charge in [-0.15, -0.1) is 0 Å². The first kappa shape index (κ1) is 21.4. The second-order valence-electron chi connectivity index (χ2n) is 5.95. The van der Waals surface area contributed by atoms with Gasteiger partial charge < -0.3 is 0 Å². The zero-order valence-electron chi connectivity index (χ0n) is 14.9. The quantitative estimate of drug-likeness (QED) is 0.266. The molecule has 0 aliphatic rings. The van der Waals surface area contributed by atoms with Crippen molar-refractivity contribution in [3.63, 3.8) is 0 Å². The van der Waals surface area contributed by atoms with Crippen LogP contribution in [-0.4, -0.2) is 41.4 Å². The van der Waals surface area contributed by atoms with E-state index in [0.717, 1.165) is 0 Å². The Bertz CT molecular complexity index is 180. The van der Waals surface area contributed by atoms with Crippen molar-refractivity contribution in [2.24, 2.45) is 0 Å². The fraction of sp³-hybridized carbons (Fsp3) is 1.00. The van der Waals surface area contributed by atoms with Gasteiger partial charge in [0.2, 0.25) is 0 Å². The van der Waals surface area contributed by atoms with Crippen LogP contribution in [0.15, 0.2) is 0 Å². The Hall–Kier alpha value is 0.439. The Morgan fingerprint density at radius 1 is 0.667 bits per heavy atom. The zero-order chi connectivity index (χ0) is 15.8. The summed E-state index contributed by atoms with van der Waals surface area (Å²) in [5.74, 6) is 0. The molecule has 2 atom stereocenters. The molecule has 0 aliphatic heterocycles. The molecule has 0 aliphatic carbocycles. The van der Waals surface area contributed by atoms with E-state index in [9.17, 15) is 0 Å². The molecule has 2 unspecified atom stereocenters. The molecular weight excluding hydrogens is 327 g/mol. The molecule has 0 bridgehead atoms. The van der Waals surface area contributed by atoms with Crippen LogP contribution in [0.5, 0.6) is 0 Å². The molecule has 0 radical (unpaired) electrons. The monoisotopic (exact) mass is 366 g/mol. The summed E-state index contributed by atoms with van der Waals surface area (Å²) in [6, 6.07) is 0. The van der Waals surface area contributed by atoms with Crippen molar-refractivity contribution in [1.29, 1.82) is 0 Å². The van der Waals surface area contributed by atoms with Gasteiger partial charge in [-0.2, -0.15) is 0 Å². The molecule has 2 nitrogen and oxygen atoms in total. The maximum absolute atomic E-state index is 5.63. The van der Waals surface area contributed by atoms with Crippen molar-refractivity contribution < 1.29 is 9.47 Å². The summed E-state index contributed by atoms with van der Waals surface area (Å²) in [6.45, 7) is 4.53. The van der Waals surface area contributed by atoms with E-state index in [1.54, 1.807) is 0 Å². The van der Waals surface area contributed by atoms with Crippen LogP contribution in [0.4, 0.5) is 0 Å². The van der Waals surface area contributed by atoms with Crippen molar-refractivity contribution in [3.05, 3.63) is 0 Å². The zero-order valence-corrected chi connectivity index (χ0v) is 16.6. The molecule has 0 N–H and O–H groups in total. The average Bonchev–Trinajstić information content (AvgIpc) is 2.51. The van der Waals surface area contributed by atoms with Gasteiger partial charge in [0.05, 0.1) is 0 Å². The number of methoxy groups -OCH3 is 2. The van der Waals surface area contributed by atoms with Crippen LogP contribution in [0.2, 0.25) is 10.6 Å². The first-order chi connectivity index (χ1) is 10.3. The van der Waals surface area contributed by atoms with Crippen LogP contribution < -0.4 is 0 Å². The van der Waals surface area contributed by atoms with Gasteiger partial charge in [0, 0.05) is 0 Å². The predicted molar refractivity (Wildman–Crippen MR) is 94.5 cm³/mol. The number of hydrogen-bond donors (Lipinski definition) is 0. The van der Waals surface area contributed by atoms with Crippen molar-refractivity contribution in [2.75, 3.05) is 14.2 Å². The van der Waals surface area contributed by atoms with Crippen molar-refractivity contribution in [2.45, 2.75) is 101 Å². The SMILES string of the molecule is CCCCCCC(C[Se]CC(CCCCCC)OC)OC. The third-order valence-corrected chi connectivity index (χ3v) is 6.58. The van der Waals surface area contributed by atoms with Crippen LogP contribution in [0.1, 0.15) is 78.1 Å². The average molecular weight is 365 g/mol. The van der Waals surface area contributed by atoms with E-state index in [-0.39, 0.29) is 0 Å². The summed E-state index contributed by atoms with van der Waals surface area (Å²) in [5.41, 5.74) is 0. The molecule has 0 aromatic heterocycles. The van der Waals surface area contributed by atoms with E-state index >= 15 is 0 Å². The molecule has 0 saturated carbocycles. The molecule has 0 amide bonds. The molecule has 0 fully saturated rings. The van der Waals surface area contributed by atoms with Crippen LogP contribution in [0.3, 0.4) is 0 Å². The molecule has 0 heterocycles. The summed E-state index contributed by atoms with van der Waals surface area (Å²) < 4.78 is 11.3. The number of hydrogen-bond acceptors (Lipinski definition) is 2. The van der Waals surface area contributed by atoms with Crippen LogP contribution in [0, 0.1) is 0 Å². The van der Waals surface area contributed by atoms with E-state index in [0.29, 0.717) is 27.2 Å². The number of ether oxygens (including phenoxy) is 2. The molecule has 0 aromatic carbocycles. The van der Waals surface area contributed by atoms with Crippen LogP contribution in [0.25, 0.3) is 0 Å². The van der Waals surface area contributed by atoms with E-state index in [4.69, 9.17) is 9.47 Å². The van der Waals surface area contributed by atoms with Crippen molar-refractivity contribution >= 4 is 15.0 Å². The van der Waals surface area contributed by atoms with Gasteiger partial charge in [-0.3, -0.25) is 0 Å². The fourth-order valence-corrected chi connectivity index (χ4v) is 5.13. The number of rotatable bonds is 16. The molecule has 0 spiro atoms. The van der Waals surface area contributed by atoms with E-state index in [2.05, 4.69) is 13.8 Å². The predicted octanol–water partition coefficient (Wildman–Crippen LogP) is 5.50. The summed E-state index contributed by atoms with van der Waals surface area (Å²) in [4.78, 5) is 0. The van der Waals surface area contributed by atoms with E-state index < -0.39 is 0 Å². The van der Waals surface area contributed by atoms with Crippen molar-refractivity contribution in [1.82, 2.24) is 0 Å². The van der Waals surface area contributed by atoms with E-state index in [1.807, 2.05) is 14.2 Å². The third kappa shape index (κ3) is 13.8. The van der Waals surface area contributed by atoms with Gasteiger partial charge in [0.1, 0.15) is 0 Å². The molecule has 0 rings (SSSR count). The minimum absolute atomic E-state index is 0.486. The minimum atomic E-state index is 0.486. The Balaban J connectivity index is 3.64. The second kappa shape index (κ2) is 16.8. The molecular formula is C18H38O2Se. The fourth-order valence-electron chi connectivity index (χ4n) is 2.47. The van der Waals surface area contributed by atoms with Gasteiger partial charge in [0.25, 0.3) is 0 Å². The van der Waals surface area contributed by atoms with E-state index in [1.165, 1.54) is 74.8 Å². The summed E-state index contributed by atoms with van der Waals surface area (Å²) in [6.07, 6.45) is 14.2. The Morgan fingerprint density at radius 3 is 1.43 bits per heavy atom. The molecule has 128 valence electrons. The summed E-state index contributed by atoms with van der Waals surface area (Å²) in [5, 5.41) is 2.51. The standard InChI is InChI=1S/C18H38O2Se/c1-5-7-9-11-13-17(19-3)15-21-16-18(20-4)14-12-10-8-6-2/h17-18H,5-16H2,1-4H3. The third-order valence-electron chi connectivity index (χ3n) is 4.03. The topological polar surface area (TPSA) is 18.5 Å². The van der Waals surface area contributed by atoms with Crippen molar-refractivity contribution in [3.8, 4) is 0 Å². The normalized spacial score (nSPS) is 14.3. The Labute approximate surface area is 139 Å². The Morgan fingerprint density at radius 2 is 1.10 bits per heavy atom. The second-order valence-corrected chi connectivity index (χ2v) is 8.21. The Kier molecular flexibility index (Phi) is 17.2. The molecule has 0 saturated heterocycles. The van der Waals surface area contributed by atoms with Gasteiger partial charge in [-0.25, -0.2) is 0 Å². The summed E-state index contributed by atoms with van der Waals surface area (Å²) >= 11 is 0.664. The van der Waals surface area contributed by atoms with Gasteiger partial charge in [-0.1, -0.05) is 0 Å².